The molecule has 0 unspecified atom stereocenters. The zero-order valence-electron chi connectivity index (χ0n) is 10.4. The summed E-state index contributed by atoms with van der Waals surface area (Å²) in [4.78, 5) is 5.41. The molecule has 1 aliphatic heterocycles. The number of benzene rings is 2. The number of nitrogens with one attached hydrogen (secondary N) is 1. The molecule has 0 atom stereocenters. The highest BCUT2D eigenvalue weighted by Gasteiger charge is 2.18. The number of anilines is 1. The van der Waals surface area contributed by atoms with E-state index in [2.05, 4.69) is 54.3 Å². The maximum atomic E-state index is 5.30. The Kier molecular flexibility index (Phi) is 4.01. The summed E-state index contributed by atoms with van der Waals surface area (Å²) in [5.41, 5.74) is 4.05. The summed E-state index contributed by atoms with van der Waals surface area (Å²) in [7, 11) is 0. The Morgan fingerprint density at radius 2 is 1.85 bits per heavy atom. The lowest BCUT2D eigenvalue weighted by Gasteiger charge is -2.12. The summed E-state index contributed by atoms with van der Waals surface area (Å²) in [5, 5.41) is 3.25. The van der Waals surface area contributed by atoms with Gasteiger partial charge in [0.25, 0.3) is 0 Å². The number of benzodiazepines with no additional fused rings is 1. The Morgan fingerprint density at radius 3 is 2.65 bits per heavy atom. The lowest BCUT2D eigenvalue weighted by Crippen LogP contribution is -2.10. The van der Waals surface area contributed by atoms with Crippen LogP contribution in [0, 0.1) is 0 Å². The first-order valence-electron chi connectivity index (χ1n) is 6.04. The normalized spacial score (nSPS) is 14.1. The van der Waals surface area contributed by atoms with Crippen LogP contribution in [0.2, 0.25) is 0 Å². The summed E-state index contributed by atoms with van der Waals surface area (Å²) in [6.45, 7) is 0.498. The highest BCUT2D eigenvalue weighted by atomic mass is 79.9. The monoisotopic (exact) mass is 408 g/mol. The fourth-order valence-electron chi connectivity index (χ4n) is 2.13. The number of halogens is 2. The van der Waals surface area contributed by atoms with Crippen molar-refractivity contribution in [3.8, 4) is 0 Å². The number of fused-ring (bicyclic) bond motifs is 1. The van der Waals surface area contributed by atoms with Crippen LogP contribution in [0.4, 0.5) is 5.69 Å². The van der Waals surface area contributed by atoms with Crippen molar-refractivity contribution in [3.63, 3.8) is 0 Å². The predicted octanol–water partition coefficient (Wildman–Crippen LogP) is 4.80. The minimum absolute atomic E-state index is 0.498. The van der Waals surface area contributed by atoms with Crippen molar-refractivity contribution < 1.29 is 0 Å². The number of nitrogens with zero attached hydrogens (tertiary/aromatic N) is 1. The van der Waals surface area contributed by atoms with E-state index in [9.17, 15) is 0 Å². The van der Waals surface area contributed by atoms with E-state index in [1.54, 1.807) is 0 Å². The van der Waals surface area contributed by atoms with E-state index in [4.69, 9.17) is 12.2 Å². The van der Waals surface area contributed by atoms with Crippen molar-refractivity contribution >= 4 is 60.5 Å². The standard InChI is InChI=1S/C15H10Br2N2S/c16-9-5-6-13-11(7-9)15(18-8-14(20)19-13)10-3-1-2-4-12(10)17/h1-7H,8H2,(H,19,20). The summed E-state index contributed by atoms with van der Waals surface area (Å²) < 4.78 is 2.04. The van der Waals surface area contributed by atoms with Gasteiger partial charge in [0.1, 0.15) is 4.99 Å². The van der Waals surface area contributed by atoms with Crippen LogP contribution in [-0.2, 0) is 0 Å². The van der Waals surface area contributed by atoms with Crippen molar-refractivity contribution in [1.82, 2.24) is 0 Å². The number of thiocarbonyl (C=S) groups is 1. The molecule has 0 amide bonds. The topological polar surface area (TPSA) is 24.4 Å². The van der Waals surface area contributed by atoms with Crippen LogP contribution in [0.5, 0.6) is 0 Å². The van der Waals surface area contributed by atoms with Crippen LogP contribution in [0.1, 0.15) is 11.1 Å². The molecule has 0 saturated carbocycles. The maximum absolute atomic E-state index is 5.30. The summed E-state index contributed by atoms with van der Waals surface area (Å²) >= 11 is 12.4. The lowest BCUT2D eigenvalue weighted by molar-refractivity contribution is 1.31. The molecule has 100 valence electrons. The number of aliphatic imine (C=N–C) groups is 1. The predicted molar refractivity (Wildman–Crippen MR) is 95.0 cm³/mol. The Balaban J connectivity index is 2.23. The third-order valence-corrected chi connectivity index (χ3v) is 4.44. The van der Waals surface area contributed by atoms with E-state index in [-0.39, 0.29) is 0 Å². The minimum atomic E-state index is 0.498. The van der Waals surface area contributed by atoms with Gasteiger partial charge in [0.2, 0.25) is 0 Å². The average molecular weight is 410 g/mol. The highest BCUT2D eigenvalue weighted by molar-refractivity contribution is 9.10. The Hall–Kier alpha value is -1.04. The summed E-state index contributed by atoms with van der Waals surface area (Å²) in [5.74, 6) is 0. The molecule has 0 aliphatic carbocycles. The van der Waals surface area contributed by atoms with Gasteiger partial charge in [0.15, 0.2) is 0 Å². The Labute approximate surface area is 139 Å². The van der Waals surface area contributed by atoms with Crippen LogP contribution >= 0.6 is 44.1 Å². The molecule has 2 aromatic carbocycles. The molecule has 0 saturated heterocycles. The van der Waals surface area contributed by atoms with Gasteiger partial charge in [0, 0.05) is 25.8 Å². The zero-order valence-corrected chi connectivity index (χ0v) is 14.3. The molecule has 2 aromatic rings. The minimum Gasteiger partial charge on any atom is -0.348 e. The first-order chi connectivity index (χ1) is 9.65. The molecule has 0 spiro atoms. The number of hydrogen-bond donors (Lipinski definition) is 1. The molecule has 1 N–H and O–H groups in total. The molecule has 0 bridgehead atoms. The molecule has 1 aliphatic rings. The van der Waals surface area contributed by atoms with Gasteiger partial charge in [-0.2, -0.15) is 0 Å². The molecule has 2 nitrogen and oxygen atoms in total. The second-order valence-corrected chi connectivity index (χ2v) is 6.65. The van der Waals surface area contributed by atoms with E-state index < -0.39 is 0 Å². The molecule has 5 heteroatoms. The smallest absolute Gasteiger partial charge is 0.102 e. The van der Waals surface area contributed by atoms with E-state index >= 15 is 0 Å². The van der Waals surface area contributed by atoms with Crippen molar-refractivity contribution in [2.45, 2.75) is 0 Å². The van der Waals surface area contributed by atoms with E-state index in [1.165, 1.54) is 0 Å². The van der Waals surface area contributed by atoms with Gasteiger partial charge in [-0.25, -0.2) is 0 Å². The first kappa shape index (κ1) is 13.9. The van der Waals surface area contributed by atoms with E-state index in [0.717, 1.165) is 36.5 Å². The van der Waals surface area contributed by atoms with Gasteiger partial charge in [-0.1, -0.05) is 62.3 Å². The maximum Gasteiger partial charge on any atom is 0.102 e. The quantitative estimate of drug-likeness (QED) is 0.684. The van der Waals surface area contributed by atoms with Crippen molar-refractivity contribution in [2.75, 3.05) is 11.9 Å². The van der Waals surface area contributed by atoms with Gasteiger partial charge in [-0.05, 0) is 24.3 Å². The van der Waals surface area contributed by atoms with Crippen LogP contribution in [0.3, 0.4) is 0 Å². The summed E-state index contributed by atoms with van der Waals surface area (Å²) in [6.07, 6.45) is 0. The molecule has 3 rings (SSSR count). The van der Waals surface area contributed by atoms with E-state index in [1.807, 2.05) is 30.3 Å². The van der Waals surface area contributed by atoms with Gasteiger partial charge in [-0.15, -0.1) is 0 Å². The average Bonchev–Trinajstić information content (AvgIpc) is 2.58. The number of rotatable bonds is 1. The van der Waals surface area contributed by atoms with Crippen LogP contribution < -0.4 is 5.32 Å². The third-order valence-electron chi connectivity index (χ3n) is 3.02. The Morgan fingerprint density at radius 1 is 1.05 bits per heavy atom. The number of hydrogen-bond acceptors (Lipinski definition) is 2. The summed E-state index contributed by atoms with van der Waals surface area (Å²) in [6, 6.07) is 14.2. The molecular formula is C15H10Br2N2S. The van der Waals surface area contributed by atoms with Gasteiger partial charge in [0.05, 0.1) is 12.3 Å². The largest absolute Gasteiger partial charge is 0.348 e. The molecule has 20 heavy (non-hydrogen) atoms. The Bertz CT molecular complexity index is 726. The second-order valence-electron chi connectivity index (χ2n) is 4.38. The molecule has 0 aromatic heterocycles. The molecule has 0 fully saturated rings. The van der Waals surface area contributed by atoms with Crippen LogP contribution in [0.25, 0.3) is 0 Å². The molecular weight excluding hydrogens is 400 g/mol. The third kappa shape index (κ3) is 2.71. The lowest BCUT2D eigenvalue weighted by atomic mass is 10.0. The van der Waals surface area contributed by atoms with Gasteiger partial charge < -0.3 is 5.32 Å². The first-order valence-corrected chi connectivity index (χ1v) is 8.04. The SMILES string of the molecule is S=C1CN=C(c2ccccc2Br)c2cc(Br)ccc2N1. The second kappa shape index (κ2) is 5.76. The van der Waals surface area contributed by atoms with Crippen molar-refractivity contribution in [1.29, 1.82) is 0 Å². The van der Waals surface area contributed by atoms with E-state index in [0.29, 0.717) is 6.54 Å². The fraction of sp³-hybridized carbons (Fsp3) is 0.0667. The molecule has 0 radical (unpaired) electrons. The zero-order chi connectivity index (χ0) is 14.1. The van der Waals surface area contributed by atoms with Crippen LogP contribution in [-0.4, -0.2) is 17.2 Å². The van der Waals surface area contributed by atoms with Crippen LogP contribution in [0.15, 0.2) is 56.4 Å². The van der Waals surface area contributed by atoms with Gasteiger partial charge in [-0.3, -0.25) is 4.99 Å². The van der Waals surface area contributed by atoms with Gasteiger partial charge >= 0.3 is 0 Å². The fourth-order valence-corrected chi connectivity index (χ4v) is 3.14. The highest BCUT2D eigenvalue weighted by Crippen LogP contribution is 2.29. The van der Waals surface area contributed by atoms with Crippen molar-refractivity contribution in [2.24, 2.45) is 4.99 Å². The van der Waals surface area contributed by atoms with Crippen molar-refractivity contribution in [3.05, 3.63) is 62.5 Å². The molecule has 1 heterocycles.